The lowest BCUT2D eigenvalue weighted by molar-refractivity contribution is 0.103. The molecule has 0 amide bonds. The monoisotopic (exact) mass is 314 g/mol. The molecule has 0 aliphatic heterocycles. The number of carbonyl (C=O) groups excluding carboxylic acids is 1. The van der Waals surface area contributed by atoms with Gasteiger partial charge in [-0.25, -0.2) is 0 Å². The van der Waals surface area contributed by atoms with Crippen molar-refractivity contribution in [3.8, 4) is 16.9 Å². The lowest BCUT2D eigenvalue weighted by atomic mass is 9.89. The molecule has 2 nitrogen and oxygen atoms in total. The molecule has 0 atom stereocenters. The number of benzene rings is 3. The number of phenolic OH excluding ortho intramolecular Hbond substituents is 1. The van der Waals surface area contributed by atoms with Crippen LogP contribution in [-0.2, 0) is 6.42 Å². The molecule has 3 rings (SSSR count). The molecule has 0 spiro atoms. The molecule has 0 heterocycles. The Morgan fingerprint density at radius 2 is 1.54 bits per heavy atom. The SMILES string of the molecule is C=CCc1c(C(=O)c2ccccc2)ccc(O)c1-c1ccccc1. The van der Waals surface area contributed by atoms with Gasteiger partial charge in [-0.2, -0.15) is 0 Å². The van der Waals surface area contributed by atoms with Gasteiger partial charge in [0.05, 0.1) is 0 Å². The van der Waals surface area contributed by atoms with Crippen LogP contribution in [0.1, 0.15) is 21.5 Å². The minimum Gasteiger partial charge on any atom is -0.507 e. The predicted molar refractivity (Wildman–Crippen MR) is 97.3 cm³/mol. The second-order valence-corrected chi connectivity index (χ2v) is 5.54. The van der Waals surface area contributed by atoms with Gasteiger partial charge in [-0.3, -0.25) is 4.79 Å². The van der Waals surface area contributed by atoms with Crippen molar-refractivity contribution in [2.45, 2.75) is 6.42 Å². The number of phenols is 1. The van der Waals surface area contributed by atoms with E-state index in [2.05, 4.69) is 6.58 Å². The summed E-state index contributed by atoms with van der Waals surface area (Å²) in [4.78, 5) is 12.9. The molecule has 0 aromatic heterocycles. The molecule has 0 saturated carbocycles. The molecule has 3 aromatic rings. The molecule has 0 aliphatic rings. The Bertz CT molecular complexity index is 865. The van der Waals surface area contributed by atoms with Crippen LogP contribution in [0.4, 0.5) is 0 Å². The van der Waals surface area contributed by atoms with Crippen LogP contribution in [0.3, 0.4) is 0 Å². The van der Waals surface area contributed by atoms with Crippen LogP contribution in [0.5, 0.6) is 5.75 Å². The number of allylic oxidation sites excluding steroid dienone is 1. The highest BCUT2D eigenvalue weighted by atomic mass is 16.3. The average Bonchev–Trinajstić information content (AvgIpc) is 2.63. The van der Waals surface area contributed by atoms with Gasteiger partial charge in [-0.1, -0.05) is 66.7 Å². The van der Waals surface area contributed by atoms with Gasteiger partial charge in [-0.05, 0) is 29.7 Å². The first kappa shape index (κ1) is 15.8. The maximum absolute atomic E-state index is 12.9. The predicted octanol–water partition coefficient (Wildman–Crippen LogP) is 5.02. The van der Waals surface area contributed by atoms with E-state index in [4.69, 9.17) is 0 Å². The summed E-state index contributed by atoms with van der Waals surface area (Å²) in [6.07, 6.45) is 2.26. The van der Waals surface area contributed by atoms with E-state index in [1.165, 1.54) is 0 Å². The van der Waals surface area contributed by atoms with Crippen molar-refractivity contribution >= 4 is 5.78 Å². The second kappa shape index (κ2) is 6.97. The van der Waals surface area contributed by atoms with Gasteiger partial charge in [0.1, 0.15) is 5.75 Å². The first-order valence-electron chi connectivity index (χ1n) is 7.83. The summed E-state index contributed by atoms with van der Waals surface area (Å²) in [5.74, 6) is 0.118. The van der Waals surface area contributed by atoms with Gasteiger partial charge < -0.3 is 5.11 Å². The number of hydrogen-bond donors (Lipinski definition) is 1. The summed E-state index contributed by atoms with van der Waals surface area (Å²) < 4.78 is 0. The molecule has 0 unspecified atom stereocenters. The minimum atomic E-state index is -0.0513. The molecule has 2 heteroatoms. The third kappa shape index (κ3) is 2.99. The van der Waals surface area contributed by atoms with Crippen molar-refractivity contribution < 1.29 is 9.90 Å². The van der Waals surface area contributed by atoms with Crippen LogP contribution in [0, 0.1) is 0 Å². The highest BCUT2D eigenvalue weighted by molar-refractivity contribution is 6.11. The van der Waals surface area contributed by atoms with Crippen molar-refractivity contribution in [1.29, 1.82) is 0 Å². The number of aromatic hydroxyl groups is 1. The quantitative estimate of drug-likeness (QED) is 0.530. The Morgan fingerprint density at radius 1 is 0.917 bits per heavy atom. The van der Waals surface area contributed by atoms with E-state index in [0.29, 0.717) is 23.1 Å². The first-order chi connectivity index (χ1) is 11.7. The molecule has 0 aliphatic carbocycles. The zero-order valence-corrected chi connectivity index (χ0v) is 13.3. The zero-order chi connectivity index (χ0) is 16.9. The fourth-order valence-corrected chi connectivity index (χ4v) is 2.88. The van der Waals surface area contributed by atoms with Crippen molar-refractivity contribution in [3.63, 3.8) is 0 Å². The van der Waals surface area contributed by atoms with Crippen LogP contribution in [0.15, 0.2) is 85.5 Å². The molecule has 24 heavy (non-hydrogen) atoms. The molecule has 0 bridgehead atoms. The van der Waals surface area contributed by atoms with Crippen molar-refractivity contribution in [2.75, 3.05) is 0 Å². The minimum absolute atomic E-state index is 0.0513. The topological polar surface area (TPSA) is 37.3 Å². The molecule has 118 valence electrons. The summed E-state index contributed by atoms with van der Waals surface area (Å²) >= 11 is 0. The standard InChI is InChI=1S/C22H18O2/c1-2-9-18-19(22(24)17-12-7-4-8-13-17)14-15-20(23)21(18)16-10-5-3-6-11-16/h2-8,10-15,23H,1,9H2. The van der Waals surface area contributed by atoms with E-state index in [1.807, 2.05) is 48.5 Å². The lowest BCUT2D eigenvalue weighted by Gasteiger charge is -2.15. The Balaban J connectivity index is 2.21. The second-order valence-electron chi connectivity index (χ2n) is 5.54. The Morgan fingerprint density at radius 3 is 2.17 bits per heavy atom. The van der Waals surface area contributed by atoms with E-state index < -0.39 is 0 Å². The van der Waals surface area contributed by atoms with Gasteiger partial charge in [-0.15, -0.1) is 6.58 Å². The van der Waals surface area contributed by atoms with Gasteiger partial charge >= 0.3 is 0 Å². The van der Waals surface area contributed by atoms with E-state index in [0.717, 1.165) is 11.1 Å². The van der Waals surface area contributed by atoms with Crippen molar-refractivity contribution in [1.82, 2.24) is 0 Å². The number of carbonyl (C=O) groups is 1. The normalized spacial score (nSPS) is 10.3. The van der Waals surface area contributed by atoms with Crippen LogP contribution in [0.25, 0.3) is 11.1 Å². The lowest BCUT2D eigenvalue weighted by Crippen LogP contribution is -2.06. The van der Waals surface area contributed by atoms with Crippen LogP contribution < -0.4 is 0 Å². The zero-order valence-electron chi connectivity index (χ0n) is 13.3. The van der Waals surface area contributed by atoms with E-state index in [9.17, 15) is 9.90 Å². The van der Waals surface area contributed by atoms with Gasteiger partial charge in [0, 0.05) is 16.7 Å². The first-order valence-corrected chi connectivity index (χ1v) is 7.83. The van der Waals surface area contributed by atoms with Gasteiger partial charge in [0.25, 0.3) is 0 Å². The fraction of sp³-hybridized carbons (Fsp3) is 0.0455. The van der Waals surface area contributed by atoms with Crippen LogP contribution in [-0.4, -0.2) is 10.9 Å². The third-order valence-electron chi connectivity index (χ3n) is 3.98. The average molecular weight is 314 g/mol. The maximum atomic E-state index is 12.9. The van der Waals surface area contributed by atoms with Crippen LogP contribution >= 0.6 is 0 Å². The van der Waals surface area contributed by atoms with E-state index >= 15 is 0 Å². The van der Waals surface area contributed by atoms with E-state index in [1.54, 1.807) is 30.3 Å². The van der Waals surface area contributed by atoms with Gasteiger partial charge in [0.2, 0.25) is 0 Å². The summed E-state index contributed by atoms with van der Waals surface area (Å²) in [5.41, 5.74) is 3.60. The summed E-state index contributed by atoms with van der Waals surface area (Å²) in [7, 11) is 0. The maximum Gasteiger partial charge on any atom is 0.193 e. The van der Waals surface area contributed by atoms with Crippen LogP contribution in [0.2, 0.25) is 0 Å². The van der Waals surface area contributed by atoms with E-state index in [-0.39, 0.29) is 11.5 Å². The van der Waals surface area contributed by atoms with Crippen molar-refractivity contribution in [3.05, 3.63) is 102 Å². The highest BCUT2D eigenvalue weighted by Crippen LogP contribution is 2.36. The molecule has 1 N–H and O–H groups in total. The molecule has 0 saturated heterocycles. The Kier molecular flexibility index (Phi) is 4.57. The van der Waals surface area contributed by atoms with Gasteiger partial charge in [0.15, 0.2) is 5.78 Å². The van der Waals surface area contributed by atoms with Crippen molar-refractivity contribution in [2.24, 2.45) is 0 Å². The molecule has 0 fully saturated rings. The molecular weight excluding hydrogens is 296 g/mol. The number of rotatable bonds is 5. The molecule has 0 radical (unpaired) electrons. The molecule has 3 aromatic carbocycles. The largest absolute Gasteiger partial charge is 0.507 e. The molecular formula is C22H18O2. The highest BCUT2D eigenvalue weighted by Gasteiger charge is 2.19. The summed E-state index contributed by atoms with van der Waals surface area (Å²) in [6.45, 7) is 3.80. The summed E-state index contributed by atoms with van der Waals surface area (Å²) in [5, 5.41) is 10.4. The third-order valence-corrected chi connectivity index (χ3v) is 3.98. The Labute approximate surface area is 141 Å². The number of ketones is 1. The smallest absolute Gasteiger partial charge is 0.193 e. The fourth-order valence-electron chi connectivity index (χ4n) is 2.88. The summed E-state index contributed by atoms with van der Waals surface area (Å²) in [6, 6.07) is 22.1. The number of hydrogen-bond acceptors (Lipinski definition) is 2. The Hall–Kier alpha value is -3.13.